The molecule has 0 aliphatic carbocycles. The Morgan fingerprint density at radius 2 is 1.18 bits per heavy atom. The van der Waals surface area contributed by atoms with Crippen LogP contribution in [0.2, 0.25) is 10.0 Å². The summed E-state index contributed by atoms with van der Waals surface area (Å²) in [6, 6.07) is 25.6. The Kier molecular flexibility index (Phi) is 12.4. The molecule has 0 bridgehead atoms. The van der Waals surface area contributed by atoms with Gasteiger partial charge in [-0.3, -0.25) is 14.6 Å². The van der Waals surface area contributed by atoms with Crippen molar-refractivity contribution in [2.45, 2.75) is 59.2 Å². The van der Waals surface area contributed by atoms with E-state index >= 15 is 0 Å². The fourth-order valence-electron chi connectivity index (χ4n) is 6.80. The Hall–Kier alpha value is -6.90. The molecule has 0 amide bonds. The van der Waals surface area contributed by atoms with E-state index in [1.807, 2.05) is 88.4 Å². The molecule has 4 aromatic carbocycles. The molecule has 4 aromatic heterocycles. The number of benzene rings is 4. The predicted molar refractivity (Wildman–Crippen MR) is 235 cm³/mol. The first-order valence-corrected chi connectivity index (χ1v) is 20.6. The van der Waals surface area contributed by atoms with Gasteiger partial charge in [0.1, 0.15) is 17.3 Å². The van der Waals surface area contributed by atoms with Gasteiger partial charge in [0, 0.05) is 64.1 Å². The van der Waals surface area contributed by atoms with Crippen molar-refractivity contribution in [3.05, 3.63) is 113 Å². The summed E-state index contributed by atoms with van der Waals surface area (Å²) in [4.78, 5) is 43.9. The summed E-state index contributed by atoms with van der Waals surface area (Å²) in [5, 5.41) is 15.7. The summed E-state index contributed by atoms with van der Waals surface area (Å²) in [5.41, 5.74) is 3.39. The molecule has 0 aliphatic rings. The predicted octanol–water partition coefficient (Wildman–Crippen LogP) is 10.6. The molecular formula is C46H39Cl2N7O7. The third-order valence-electron chi connectivity index (χ3n) is 9.53. The number of anilines is 1. The second-order valence-electron chi connectivity index (χ2n) is 14.7. The molecule has 8 aromatic rings. The van der Waals surface area contributed by atoms with E-state index < -0.39 is 11.9 Å². The van der Waals surface area contributed by atoms with Crippen molar-refractivity contribution in [1.82, 2.24) is 30.2 Å². The average molecular weight is 873 g/mol. The summed E-state index contributed by atoms with van der Waals surface area (Å²) < 4.78 is 27.8. The van der Waals surface area contributed by atoms with Gasteiger partial charge in [-0.05, 0) is 87.0 Å². The number of pyridine rings is 2. The minimum Gasteiger partial charge on any atom is -0.489 e. The average Bonchev–Trinajstić information content (AvgIpc) is 3.95. The molecule has 8 rings (SSSR count). The number of carbonyl (C=O) groups is 2. The SMILES string of the molecule is CC(C)Oc1ccc(-c2nc(-c3cccc4c(CCC(=O)OC(=O)CCNc5nccc6c(-c7noc(-c8ccc(OC(C)C)c(Cl)c8)n7)cccc56)nccc34)no2)cc1Cl. The van der Waals surface area contributed by atoms with Gasteiger partial charge in [0.05, 0.1) is 35.1 Å². The topological polar surface area (TPSA) is 177 Å². The molecule has 0 atom stereocenters. The number of hydrogen-bond acceptors (Lipinski definition) is 14. The van der Waals surface area contributed by atoms with Crippen LogP contribution in [0, 0.1) is 0 Å². The number of halogens is 2. The third kappa shape index (κ3) is 9.36. The Bertz CT molecular complexity index is 2930. The fraction of sp³-hybridized carbons (Fsp3) is 0.217. The van der Waals surface area contributed by atoms with Crippen LogP contribution >= 0.6 is 23.2 Å². The van der Waals surface area contributed by atoms with Crippen molar-refractivity contribution < 1.29 is 32.8 Å². The highest BCUT2D eigenvalue weighted by atomic mass is 35.5. The highest BCUT2D eigenvalue weighted by Gasteiger charge is 2.19. The standard InChI is InChI=1S/C46H39Cl2N7O7/c1-25(2)58-38-14-11-27(23-35(38)47)45-52-43(54-61-45)33-9-5-7-31-29(33)17-20-49-37(31)13-16-40(56)60-41(57)19-22-51-42-32-8-6-10-34(30(32)18-21-50-42)44-53-46(62-55-44)28-12-15-39(36(48)24-28)59-26(3)4/h5-12,14-15,17-18,20-21,23-26H,13,16,19,22H2,1-4H3,(H,50,51). The maximum atomic E-state index is 12.8. The summed E-state index contributed by atoms with van der Waals surface area (Å²) in [6.07, 6.45) is 3.35. The van der Waals surface area contributed by atoms with Crippen LogP contribution in [0.25, 0.3) is 67.2 Å². The largest absolute Gasteiger partial charge is 0.489 e. The summed E-state index contributed by atoms with van der Waals surface area (Å²) in [5.74, 6) is 1.69. The van der Waals surface area contributed by atoms with Crippen molar-refractivity contribution in [2.24, 2.45) is 0 Å². The van der Waals surface area contributed by atoms with Crippen LogP contribution in [0.1, 0.15) is 46.2 Å². The molecule has 0 fully saturated rings. The summed E-state index contributed by atoms with van der Waals surface area (Å²) in [6.45, 7) is 7.87. The van der Waals surface area contributed by atoms with Gasteiger partial charge in [-0.25, -0.2) is 4.98 Å². The molecular weight excluding hydrogens is 833 g/mol. The van der Waals surface area contributed by atoms with Gasteiger partial charge in [-0.2, -0.15) is 9.97 Å². The van der Waals surface area contributed by atoms with E-state index in [1.54, 1.807) is 36.7 Å². The molecule has 14 nitrogen and oxygen atoms in total. The Balaban J connectivity index is 0.870. The van der Waals surface area contributed by atoms with Crippen molar-refractivity contribution in [1.29, 1.82) is 0 Å². The number of esters is 2. The molecule has 1 N–H and O–H groups in total. The lowest BCUT2D eigenvalue weighted by Gasteiger charge is -2.11. The number of aryl methyl sites for hydroxylation is 1. The maximum absolute atomic E-state index is 12.8. The molecule has 4 heterocycles. The minimum absolute atomic E-state index is 0.0247. The number of aromatic nitrogens is 6. The highest BCUT2D eigenvalue weighted by Crippen LogP contribution is 2.36. The normalized spacial score (nSPS) is 11.4. The van der Waals surface area contributed by atoms with Crippen LogP contribution in [0.15, 0.2) is 106 Å². The first kappa shape index (κ1) is 41.8. The zero-order chi connectivity index (χ0) is 43.3. The molecule has 0 spiro atoms. The number of ether oxygens (including phenoxy) is 3. The van der Waals surface area contributed by atoms with E-state index in [4.69, 9.17) is 46.5 Å². The van der Waals surface area contributed by atoms with Crippen LogP contribution < -0.4 is 14.8 Å². The molecule has 0 aliphatic heterocycles. The van der Waals surface area contributed by atoms with Gasteiger partial charge in [-0.1, -0.05) is 69.9 Å². The van der Waals surface area contributed by atoms with Gasteiger partial charge >= 0.3 is 11.9 Å². The van der Waals surface area contributed by atoms with E-state index in [9.17, 15) is 9.59 Å². The van der Waals surface area contributed by atoms with Crippen LogP contribution in [0.4, 0.5) is 5.82 Å². The van der Waals surface area contributed by atoms with Crippen molar-refractivity contribution in [3.8, 4) is 57.2 Å². The molecule has 62 heavy (non-hydrogen) atoms. The van der Waals surface area contributed by atoms with Crippen molar-refractivity contribution in [2.75, 3.05) is 11.9 Å². The second-order valence-corrected chi connectivity index (χ2v) is 15.5. The van der Waals surface area contributed by atoms with Gasteiger partial charge in [0.25, 0.3) is 11.8 Å². The molecule has 0 saturated heterocycles. The lowest BCUT2D eigenvalue weighted by Crippen LogP contribution is -2.17. The lowest BCUT2D eigenvalue weighted by atomic mass is 10.0. The Morgan fingerprint density at radius 1 is 0.645 bits per heavy atom. The van der Waals surface area contributed by atoms with Gasteiger partial charge < -0.3 is 28.6 Å². The number of carbonyl (C=O) groups excluding carboxylic acids is 2. The monoisotopic (exact) mass is 871 g/mol. The van der Waals surface area contributed by atoms with Gasteiger partial charge in [0.2, 0.25) is 11.6 Å². The zero-order valence-corrected chi connectivity index (χ0v) is 35.5. The molecule has 0 saturated carbocycles. The van der Waals surface area contributed by atoms with E-state index in [2.05, 4.69) is 35.6 Å². The van der Waals surface area contributed by atoms with Crippen LogP contribution in [-0.2, 0) is 20.7 Å². The summed E-state index contributed by atoms with van der Waals surface area (Å²) >= 11 is 12.9. The molecule has 314 valence electrons. The number of fused-ring (bicyclic) bond motifs is 2. The van der Waals surface area contributed by atoms with Crippen LogP contribution in [0.5, 0.6) is 11.5 Å². The second kappa shape index (κ2) is 18.4. The van der Waals surface area contributed by atoms with Crippen molar-refractivity contribution >= 4 is 62.5 Å². The molecule has 16 heteroatoms. The highest BCUT2D eigenvalue weighted by molar-refractivity contribution is 6.32. The third-order valence-corrected chi connectivity index (χ3v) is 10.1. The van der Waals surface area contributed by atoms with Gasteiger partial charge in [-0.15, -0.1) is 0 Å². The number of nitrogens with zero attached hydrogens (tertiary/aromatic N) is 6. The quantitative estimate of drug-likeness (QED) is 0.0760. The summed E-state index contributed by atoms with van der Waals surface area (Å²) in [7, 11) is 0. The lowest BCUT2D eigenvalue weighted by molar-refractivity contribution is -0.159. The number of hydrogen-bond donors (Lipinski definition) is 1. The smallest absolute Gasteiger partial charge is 0.315 e. The molecule has 0 radical (unpaired) electrons. The minimum atomic E-state index is -0.670. The first-order valence-electron chi connectivity index (χ1n) is 19.8. The number of rotatable bonds is 15. The van der Waals surface area contributed by atoms with Crippen LogP contribution in [0.3, 0.4) is 0 Å². The fourth-order valence-corrected chi connectivity index (χ4v) is 7.25. The molecule has 0 unspecified atom stereocenters. The van der Waals surface area contributed by atoms with Crippen LogP contribution in [-0.4, -0.2) is 60.9 Å². The Labute approximate surface area is 365 Å². The van der Waals surface area contributed by atoms with E-state index in [0.717, 1.165) is 32.7 Å². The number of nitrogens with one attached hydrogen (secondary N) is 1. The maximum Gasteiger partial charge on any atom is 0.315 e. The first-order chi connectivity index (χ1) is 30.0. The van der Waals surface area contributed by atoms with Crippen molar-refractivity contribution in [3.63, 3.8) is 0 Å². The van der Waals surface area contributed by atoms with E-state index in [-0.39, 0.29) is 38.0 Å². The van der Waals surface area contributed by atoms with Gasteiger partial charge in [0.15, 0.2) is 0 Å². The van der Waals surface area contributed by atoms with E-state index in [0.29, 0.717) is 67.6 Å². The zero-order valence-electron chi connectivity index (χ0n) is 34.0. The Morgan fingerprint density at radius 3 is 1.74 bits per heavy atom. The van der Waals surface area contributed by atoms with E-state index in [1.165, 1.54) is 0 Å².